The number of allylic oxidation sites excluding steroid dienone is 1. The fraction of sp³-hybridized carbons (Fsp3) is 0.474. The van der Waals surface area contributed by atoms with Gasteiger partial charge in [0.1, 0.15) is 17.8 Å². The van der Waals surface area contributed by atoms with Crippen molar-refractivity contribution < 1.29 is 9.53 Å². The number of hydrogen-bond donors (Lipinski definition) is 3. The number of ether oxygens (including phenoxy) is 1. The Morgan fingerprint density at radius 1 is 1.27 bits per heavy atom. The molecule has 1 aliphatic carbocycles. The van der Waals surface area contributed by atoms with Gasteiger partial charge >= 0.3 is 6.03 Å². The molecule has 2 amide bonds. The van der Waals surface area contributed by atoms with Crippen LogP contribution in [-0.4, -0.2) is 30.0 Å². The number of amides is 2. The number of methoxy groups -OCH3 is 1. The van der Waals surface area contributed by atoms with Crippen molar-refractivity contribution in [2.45, 2.75) is 45.2 Å². The molecule has 1 unspecified atom stereocenters. The number of aliphatic imine (C=N–C) groups is 1. The smallest absolute Gasteiger partial charge is 0.330 e. The normalized spacial score (nSPS) is 23.3. The molecular formula is C19H25N5O2. The Balaban J connectivity index is 1.68. The first-order chi connectivity index (χ1) is 12.6. The summed E-state index contributed by atoms with van der Waals surface area (Å²) in [5, 5.41) is 6.42. The van der Waals surface area contributed by atoms with E-state index in [1.807, 2.05) is 13.0 Å². The highest BCUT2D eigenvalue weighted by Crippen LogP contribution is 2.35. The van der Waals surface area contributed by atoms with Crippen LogP contribution in [0.1, 0.15) is 44.6 Å². The fourth-order valence-electron chi connectivity index (χ4n) is 4.13. The maximum Gasteiger partial charge on any atom is 0.330 e. The Bertz CT molecular complexity index is 795. The van der Waals surface area contributed by atoms with Crippen molar-refractivity contribution in [3.8, 4) is 5.75 Å². The predicted octanol–water partition coefficient (Wildman–Crippen LogP) is 2.75. The Morgan fingerprint density at radius 3 is 2.77 bits per heavy atom. The number of urea groups is 1. The first-order valence-corrected chi connectivity index (χ1v) is 9.18. The van der Waals surface area contributed by atoms with E-state index in [-0.39, 0.29) is 12.2 Å². The van der Waals surface area contributed by atoms with Gasteiger partial charge in [0, 0.05) is 11.8 Å². The molecule has 7 heteroatoms. The van der Waals surface area contributed by atoms with Crippen molar-refractivity contribution >= 4 is 17.6 Å². The van der Waals surface area contributed by atoms with Gasteiger partial charge in [-0.05, 0) is 37.8 Å². The van der Waals surface area contributed by atoms with E-state index in [2.05, 4.69) is 10.6 Å². The summed E-state index contributed by atoms with van der Waals surface area (Å²) >= 11 is 0. The molecule has 1 saturated carbocycles. The summed E-state index contributed by atoms with van der Waals surface area (Å²) in [5.74, 6) is 2.23. The summed E-state index contributed by atoms with van der Waals surface area (Å²) in [5.41, 5.74) is 8.09. The van der Waals surface area contributed by atoms with Crippen LogP contribution in [-0.2, 0) is 0 Å². The highest BCUT2D eigenvalue weighted by Gasteiger charge is 2.42. The van der Waals surface area contributed by atoms with Gasteiger partial charge in [0.05, 0.1) is 18.4 Å². The van der Waals surface area contributed by atoms with Crippen LogP contribution in [0.15, 0.2) is 34.7 Å². The molecule has 0 saturated heterocycles. The van der Waals surface area contributed by atoms with Crippen molar-refractivity contribution in [2.24, 2.45) is 10.9 Å². The van der Waals surface area contributed by atoms with Gasteiger partial charge in [-0.25, -0.2) is 9.79 Å². The van der Waals surface area contributed by atoms with Gasteiger partial charge in [0.25, 0.3) is 0 Å². The van der Waals surface area contributed by atoms with Crippen LogP contribution >= 0.6 is 0 Å². The molecule has 1 aromatic carbocycles. The molecule has 0 spiro atoms. The lowest BCUT2D eigenvalue weighted by Gasteiger charge is -2.36. The highest BCUT2D eigenvalue weighted by molar-refractivity contribution is 6.11. The zero-order chi connectivity index (χ0) is 18.3. The van der Waals surface area contributed by atoms with Crippen molar-refractivity contribution in [3.05, 3.63) is 35.3 Å². The van der Waals surface area contributed by atoms with Crippen LogP contribution in [0.3, 0.4) is 0 Å². The first-order valence-electron chi connectivity index (χ1n) is 9.18. The minimum atomic E-state index is -0.149. The summed E-state index contributed by atoms with van der Waals surface area (Å²) in [4.78, 5) is 19.4. The van der Waals surface area contributed by atoms with Crippen LogP contribution in [0.5, 0.6) is 5.75 Å². The third kappa shape index (κ3) is 2.77. The van der Waals surface area contributed by atoms with Crippen LogP contribution in [0.4, 0.5) is 10.5 Å². The van der Waals surface area contributed by atoms with E-state index in [1.165, 1.54) is 19.3 Å². The molecule has 3 aliphatic rings. The third-order valence-electron chi connectivity index (χ3n) is 5.45. The molecule has 1 aromatic rings. The van der Waals surface area contributed by atoms with E-state index >= 15 is 0 Å². The Morgan fingerprint density at radius 2 is 2.04 bits per heavy atom. The van der Waals surface area contributed by atoms with Crippen LogP contribution in [0.25, 0.3) is 0 Å². The number of nitrogen functional groups attached to an aromatic ring is 1. The molecule has 7 nitrogen and oxygen atoms in total. The molecule has 0 radical (unpaired) electrons. The molecule has 0 aromatic heterocycles. The number of rotatable bonds is 3. The average molecular weight is 355 g/mol. The zero-order valence-electron chi connectivity index (χ0n) is 15.2. The SMILES string of the molecule is COc1cc(N)ccc1C1=NC2=C(C)NC(C3CCCCC3)N2C(=O)N1. The molecule has 2 aliphatic heterocycles. The average Bonchev–Trinajstić information content (AvgIpc) is 2.99. The molecule has 138 valence electrons. The van der Waals surface area contributed by atoms with Crippen molar-refractivity contribution in [1.82, 2.24) is 15.5 Å². The summed E-state index contributed by atoms with van der Waals surface area (Å²) < 4.78 is 5.41. The number of fused-ring (bicyclic) bond motifs is 1. The van der Waals surface area contributed by atoms with Gasteiger partial charge < -0.3 is 15.8 Å². The van der Waals surface area contributed by atoms with Crippen LogP contribution in [0.2, 0.25) is 0 Å². The Labute approximate surface area is 153 Å². The second-order valence-corrected chi connectivity index (χ2v) is 7.16. The van der Waals surface area contributed by atoms with Gasteiger partial charge in [0.15, 0.2) is 5.82 Å². The Kier molecular flexibility index (Phi) is 4.22. The summed E-state index contributed by atoms with van der Waals surface area (Å²) in [6, 6.07) is 5.18. The van der Waals surface area contributed by atoms with Gasteiger partial charge in [0.2, 0.25) is 0 Å². The highest BCUT2D eigenvalue weighted by atomic mass is 16.5. The number of hydrogen-bond acceptors (Lipinski definition) is 5. The van der Waals surface area contributed by atoms with Gasteiger partial charge in [-0.2, -0.15) is 0 Å². The predicted molar refractivity (Wildman–Crippen MR) is 101 cm³/mol. The van der Waals surface area contributed by atoms with E-state index in [4.69, 9.17) is 15.5 Å². The van der Waals surface area contributed by atoms with Gasteiger partial charge in [-0.1, -0.05) is 19.3 Å². The van der Waals surface area contributed by atoms with E-state index in [0.29, 0.717) is 29.0 Å². The molecule has 4 rings (SSSR count). The van der Waals surface area contributed by atoms with Crippen LogP contribution in [0, 0.1) is 5.92 Å². The number of nitrogens with zero attached hydrogens (tertiary/aromatic N) is 2. The fourth-order valence-corrected chi connectivity index (χ4v) is 4.13. The van der Waals surface area contributed by atoms with Crippen molar-refractivity contribution in [3.63, 3.8) is 0 Å². The second-order valence-electron chi connectivity index (χ2n) is 7.16. The minimum absolute atomic E-state index is 0.0103. The molecule has 2 heterocycles. The number of nitrogens with one attached hydrogen (secondary N) is 2. The lowest BCUT2D eigenvalue weighted by atomic mass is 9.86. The molecule has 4 N–H and O–H groups in total. The number of amidine groups is 1. The van der Waals surface area contributed by atoms with Gasteiger partial charge in [-0.15, -0.1) is 0 Å². The molecular weight excluding hydrogens is 330 g/mol. The zero-order valence-corrected chi connectivity index (χ0v) is 15.2. The number of nitrogens with two attached hydrogens (primary N) is 1. The first kappa shape index (κ1) is 16.8. The molecule has 1 fully saturated rings. The summed E-state index contributed by atoms with van der Waals surface area (Å²) in [6.07, 6.45) is 6.01. The number of benzene rings is 1. The lowest BCUT2D eigenvalue weighted by Crippen LogP contribution is -2.53. The van der Waals surface area contributed by atoms with E-state index in [1.54, 1.807) is 24.1 Å². The number of carbonyl (C=O) groups excluding carboxylic acids is 1. The van der Waals surface area contributed by atoms with Crippen molar-refractivity contribution in [2.75, 3.05) is 12.8 Å². The standard InChI is InChI=1S/C19H25N5O2/c1-11-17-22-16(14-9-8-13(20)10-15(14)26-2)23-19(25)24(17)18(21-11)12-6-4-3-5-7-12/h8-10,12,18,21H,3-7,20H2,1-2H3,(H,22,23,25). The van der Waals surface area contributed by atoms with E-state index in [9.17, 15) is 4.79 Å². The van der Waals surface area contributed by atoms with E-state index in [0.717, 1.165) is 24.1 Å². The second kappa shape index (κ2) is 6.55. The third-order valence-corrected chi connectivity index (χ3v) is 5.45. The summed E-state index contributed by atoms with van der Waals surface area (Å²) in [7, 11) is 1.58. The topological polar surface area (TPSA) is 92.0 Å². The summed E-state index contributed by atoms with van der Waals surface area (Å²) in [6.45, 7) is 1.98. The monoisotopic (exact) mass is 355 g/mol. The van der Waals surface area contributed by atoms with E-state index < -0.39 is 0 Å². The Hall–Kier alpha value is -2.70. The number of carbonyl (C=O) groups is 1. The molecule has 26 heavy (non-hydrogen) atoms. The van der Waals surface area contributed by atoms with Crippen LogP contribution < -0.4 is 21.1 Å². The maximum absolute atomic E-state index is 12.9. The molecule has 1 atom stereocenters. The minimum Gasteiger partial charge on any atom is -0.496 e. The number of anilines is 1. The quantitative estimate of drug-likeness (QED) is 0.727. The largest absolute Gasteiger partial charge is 0.496 e. The molecule has 0 bridgehead atoms. The van der Waals surface area contributed by atoms with Crippen molar-refractivity contribution in [1.29, 1.82) is 0 Å². The van der Waals surface area contributed by atoms with Gasteiger partial charge in [-0.3, -0.25) is 10.2 Å². The lowest BCUT2D eigenvalue weighted by molar-refractivity contribution is 0.154. The maximum atomic E-state index is 12.9.